The summed E-state index contributed by atoms with van der Waals surface area (Å²) in [4.78, 5) is 21.8. The lowest BCUT2D eigenvalue weighted by Gasteiger charge is -2.38. The Labute approximate surface area is 180 Å². The van der Waals surface area contributed by atoms with E-state index in [1.54, 1.807) is 12.4 Å². The minimum absolute atomic E-state index is 0.0192. The number of amides is 1. The van der Waals surface area contributed by atoms with Crippen molar-refractivity contribution < 1.29 is 9.21 Å². The topological polar surface area (TPSA) is 77.1 Å². The molecular formula is C24H25N5O2. The summed E-state index contributed by atoms with van der Waals surface area (Å²) in [5.74, 6) is 1.07. The number of oxazole rings is 1. The van der Waals surface area contributed by atoms with Gasteiger partial charge >= 0.3 is 0 Å². The minimum Gasteiger partial charge on any atom is -0.441 e. The normalized spacial score (nSPS) is 19.1. The summed E-state index contributed by atoms with van der Waals surface area (Å²) < 4.78 is 5.93. The van der Waals surface area contributed by atoms with Crippen molar-refractivity contribution in [2.45, 2.75) is 39.2 Å². The van der Waals surface area contributed by atoms with Crippen LogP contribution in [-0.2, 0) is 6.42 Å². The minimum atomic E-state index is 0.0192. The highest BCUT2D eigenvalue weighted by Crippen LogP contribution is 2.28. The molecule has 0 unspecified atom stereocenters. The van der Waals surface area contributed by atoms with Crippen LogP contribution in [0.4, 0.5) is 0 Å². The van der Waals surface area contributed by atoms with Crippen LogP contribution in [0.25, 0.3) is 16.8 Å². The van der Waals surface area contributed by atoms with Gasteiger partial charge in [-0.1, -0.05) is 23.8 Å². The van der Waals surface area contributed by atoms with E-state index in [1.807, 2.05) is 54.3 Å². The number of hydrogen-bond donors (Lipinski definition) is 0. The number of likely N-dealkylation sites (tertiary alicyclic amines) is 1. The molecule has 2 aromatic carbocycles. The van der Waals surface area contributed by atoms with Gasteiger partial charge in [0.05, 0.1) is 23.6 Å². The molecule has 4 aromatic rings. The fourth-order valence-electron chi connectivity index (χ4n) is 4.38. The second-order valence-corrected chi connectivity index (χ2v) is 8.37. The summed E-state index contributed by atoms with van der Waals surface area (Å²) in [6, 6.07) is 13.8. The van der Waals surface area contributed by atoms with Gasteiger partial charge in [-0.3, -0.25) is 4.79 Å². The fraction of sp³-hybridized carbons (Fsp3) is 0.333. The zero-order chi connectivity index (χ0) is 21.4. The zero-order valence-electron chi connectivity index (χ0n) is 17.7. The summed E-state index contributed by atoms with van der Waals surface area (Å²) in [5.41, 5.74) is 4.06. The first-order chi connectivity index (χ1) is 15.1. The Kier molecular flexibility index (Phi) is 5.02. The number of fused-ring (bicyclic) bond motifs is 1. The van der Waals surface area contributed by atoms with Crippen molar-refractivity contribution in [3.05, 3.63) is 71.9 Å². The summed E-state index contributed by atoms with van der Waals surface area (Å²) >= 11 is 0. The molecule has 3 heterocycles. The van der Waals surface area contributed by atoms with Crippen LogP contribution < -0.4 is 0 Å². The Bertz CT molecular complexity index is 1180. The smallest absolute Gasteiger partial charge is 0.256 e. The van der Waals surface area contributed by atoms with E-state index in [1.165, 1.54) is 4.80 Å². The van der Waals surface area contributed by atoms with E-state index in [-0.39, 0.29) is 11.9 Å². The molecule has 1 aliphatic heterocycles. The maximum absolute atomic E-state index is 13.6. The Hall–Kier alpha value is -3.48. The first-order valence-corrected chi connectivity index (χ1v) is 10.7. The van der Waals surface area contributed by atoms with Gasteiger partial charge in [-0.05, 0) is 56.9 Å². The number of hydrogen-bond acceptors (Lipinski definition) is 5. The SMILES string of the molecule is Cc1ccc(-n2nccn2)c(C(=O)N2C[C@H](Cc3nc4ccccc4o3)CC[C@H]2C)c1. The monoisotopic (exact) mass is 415 g/mol. The van der Waals surface area contributed by atoms with Gasteiger partial charge in [0.15, 0.2) is 11.5 Å². The number of para-hydroxylation sites is 2. The van der Waals surface area contributed by atoms with Crippen molar-refractivity contribution in [1.82, 2.24) is 24.9 Å². The van der Waals surface area contributed by atoms with Crippen LogP contribution in [0.1, 0.15) is 41.6 Å². The highest BCUT2D eigenvalue weighted by Gasteiger charge is 2.32. The number of carbonyl (C=O) groups is 1. The predicted molar refractivity (Wildman–Crippen MR) is 117 cm³/mol. The first-order valence-electron chi connectivity index (χ1n) is 10.7. The van der Waals surface area contributed by atoms with E-state index >= 15 is 0 Å². The molecule has 1 aliphatic rings. The molecule has 0 bridgehead atoms. The number of piperidine rings is 1. The Morgan fingerprint density at radius 3 is 2.74 bits per heavy atom. The summed E-state index contributed by atoms with van der Waals surface area (Å²) in [6.45, 7) is 4.79. The van der Waals surface area contributed by atoms with E-state index in [4.69, 9.17) is 4.42 Å². The van der Waals surface area contributed by atoms with Crippen LogP contribution in [0.3, 0.4) is 0 Å². The Morgan fingerprint density at radius 2 is 1.94 bits per heavy atom. The van der Waals surface area contributed by atoms with Crippen molar-refractivity contribution in [2.24, 2.45) is 5.92 Å². The van der Waals surface area contributed by atoms with Gasteiger partial charge < -0.3 is 9.32 Å². The van der Waals surface area contributed by atoms with Crippen molar-refractivity contribution in [1.29, 1.82) is 0 Å². The van der Waals surface area contributed by atoms with Crippen molar-refractivity contribution in [2.75, 3.05) is 6.54 Å². The van der Waals surface area contributed by atoms with Crippen LogP contribution in [0.2, 0.25) is 0 Å². The lowest BCUT2D eigenvalue weighted by molar-refractivity contribution is 0.0554. The molecule has 2 atom stereocenters. The third kappa shape index (κ3) is 3.83. The molecule has 7 nitrogen and oxygen atoms in total. The van der Waals surface area contributed by atoms with E-state index in [2.05, 4.69) is 22.1 Å². The summed E-state index contributed by atoms with van der Waals surface area (Å²) in [6.07, 6.45) is 5.97. The van der Waals surface area contributed by atoms with E-state index in [9.17, 15) is 4.79 Å². The lowest BCUT2D eigenvalue weighted by atomic mass is 9.90. The standard InChI is InChI=1S/C24H25N5O2/c1-16-7-10-21(29-25-11-12-26-29)19(13-16)24(30)28-15-18(9-8-17(28)2)14-23-27-20-5-3-4-6-22(20)31-23/h3-7,10-13,17-18H,8-9,14-15H2,1-2H3/t17-,18+/m1/s1. The number of benzene rings is 2. The fourth-order valence-corrected chi connectivity index (χ4v) is 4.38. The molecule has 0 N–H and O–H groups in total. The molecule has 1 amide bonds. The molecular weight excluding hydrogens is 390 g/mol. The number of aromatic nitrogens is 4. The average molecular weight is 415 g/mol. The summed E-state index contributed by atoms with van der Waals surface area (Å²) in [5, 5.41) is 8.46. The molecule has 1 saturated heterocycles. The van der Waals surface area contributed by atoms with Gasteiger partial charge in [0.1, 0.15) is 5.52 Å². The van der Waals surface area contributed by atoms with Crippen molar-refractivity contribution >= 4 is 17.0 Å². The van der Waals surface area contributed by atoms with Crippen LogP contribution >= 0.6 is 0 Å². The second kappa shape index (κ2) is 7.98. The molecule has 5 rings (SSSR count). The molecule has 31 heavy (non-hydrogen) atoms. The maximum atomic E-state index is 13.6. The number of carbonyl (C=O) groups excluding carboxylic acids is 1. The quantitative estimate of drug-likeness (QED) is 0.499. The number of nitrogens with zero attached hydrogens (tertiary/aromatic N) is 5. The molecule has 0 spiro atoms. The lowest BCUT2D eigenvalue weighted by Crippen LogP contribution is -2.46. The van der Waals surface area contributed by atoms with Crippen LogP contribution in [0, 0.1) is 12.8 Å². The van der Waals surface area contributed by atoms with Gasteiger partial charge in [0, 0.05) is 19.0 Å². The van der Waals surface area contributed by atoms with E-state index < -0.39 is 0 Å². The van der Waals surface area contributed by atoms with Gasteiger partial charge in [-0.2, -0.15) is 15.0 Å². The molecule has 158 valence electrons. The highest BCUT2D eigenvalue weighted by molar-refractivity contribution is 5.98. The van der Waals surface area contributed by atoms with Crippen molar-refractivity contribution in [3.8, 4) is 5.69 Å². The van der Waals surface area contributed by atoms with Gasteiger partial charge in [-0.15, -0.1) is 0 Å². The first kappa shape index (κ1) is 19.5. The Morgan fingerprint density at radius 1 is 1.13 bits per heavy atom. The maximum Gasteiger partial charge on any atom is 0.256 e. The third-order valence-electron chi connectivity index (χ3n) is 6.06. The molecule has 0 aliphatic carbocycles. The largest absolute Gasteiger partial charge is 0.441 e. The molecule has 0 radical (unpaired) electrons. The molecule has 2 aromatic heterocycles. The number of rotatable bonds is 4. The van der Waals surface area contributed by atoms with E-state index in [0.29, 0.717) is 23.7 Å². The highest BCUT2D eigenvalue weighted by atomic mass is 16.3. The Balaban J connectivity index is 1.39. The predicted octanol–water partition coefficient (Wildman–Crippen LogP) is 4.20. The van der Waals surface area contributed by atoms with Crippen LogP contribution in [0.5, 0.6) is 0 Å². The van der Waals surface area contributed by atoms with Gasteiger partial charge in [0.25, 0.3) is 5.91 Å². The average Bonchev–Trinajstić information content (AvgIpc) is 3.44. The summed E-state index contributed by atoms with van der Waals surface area (Å²) in [7, 11) is 0. The van der Waals surface area contributed by atoms with Gasteiger partial charge in [-0.25, -0.2) is 4.98 Å². The molecule has 1 fully saturated rings. The van der Waals surface area contributed by atoms with E-state index in [0.717, 1.165) is 41.8 Å². The second-order valence-electron chi connectivity index (χ2n) is 8.37. The molecule has 7 heteroatoms. The van der Waals surface area contributed by atoms with Crippen LogP contribution in [-0.4, -0.2) is 43.4 Å². The zero-order valence-corrected chi connectivity index (χ0v) is 17.7. The third-order valence-corrected chi connectivity index (χ3v) is 6.06. The molecule has 0 saturated carbocycles. The number of aryl methyl sites for hydroxylation is 1. The van der Waals surface area contributed by atoms with Crippen molar-refractivity contribution in [3.63, 3.8) is 0 Å². The van der Waals surface area contributed by atoms with Crippen LogP contribution in [0.15, 0.2) is 59.3 Å². The van der Waals surface area contributed by atoms with Gasteiger partial charge in [0.2, 0.25) is 0 Å².